The summed E-state index contributed by atoms with van der Waals surface area (Å²) in [6, 6.07) is 12.0. The number of amides is 1. The first-order chi connectivity index (χ1) is 9.62. The molecule has 0 spiro atoms. The Balaban J connectivity index is 2.59. The Morgan fingerprint density at radius 2 is 1.85 bits per heavy atom. The molecular formula is C16H23N3O. The molecule has 20 heavy (non-hydrogen) atoms. The molecule has 1 atom stereocenters. The van der Waals surface area contributed by atoms with E-state index in [2.05, 4.69) is 6.07 Å². The third-order valence-electron chi connectivity index (χ3n) is 3.37. The fraction of sp³-hybridized carbons (Fsp3) is 0.500. The second-order valence-corrected chi connectivity index (χ2v) is 4.86. The van der Waals surface area contributed by atoms with E-state index in [0.717, 1.165) is 18.7 Å². The Morgan fingerprint density at radius 1 is 1.25 bits per heavy atom. The summed E-state index contributed by atoms with van der Waals surface area (Å²) in [5, 5.41) is 9.29. The van der Waals surface area contributed by atoms with Gasteiger partial charge in [0.25, 0.3) is 0 Å². The number of rotatable bonds is 7. The van der Waals surface area contributed by atoms with Crippen molar-refractivity contribution in [3.05, 3.63) is 35.9 Å². The molecule has 0 saturated carbocycles. The minimum Gasteiger partial charge on any atom is -0.342 e. The Bertz CT molecular complexity index is 449. The van der Waals surface area contributed by atoms with Crippen molar-refractivity contribution >= 4 is 5.91 Å². The van der Waals surface area contributed by atoms with Gasteiger partial charge in [-0.05, 0) is 26.5 Å². The number of hydrogen-bond donors (Lipinski definition) is 0. The van der Waals surface area contributed by atoms with Crippen molar-refractivity contribution in [2.24, 2.45) is 0 Å². The van der Waals surface area contributed by atoms with Crippen molar-refractivity contribution in [2.45, 2.75) is 19.8 Å². The van der Waals surface area contributed by atoms with Crippen LogP contribution in [0.25, 0.3) is 0 Å². The normalized spacial score (nSPS) is 11.9. The summed E-state index contributed by atoms with van der Waals surface area (Å²) in [4.78, 5) is 15.7. The summed E-state index contributed by atoms with van der Waals surface area (Å²) in [6.45, 7) is 6.32. The van der Waals surface area contributed by atoms with Crippen LogP contribution >= 0.6 is 0 Å². The van der Waals surface area contributed by atoms with Crippen LogP contribution < -0.4 is 0 Å². The third-order valence-corrected chi connectivity index (χ3v) is 3.37. The summed E-state index contributed by atoms with van der Waals surface area (Å²) in [7, 11) is 1.88. The highest BCUT2D eigenvalue weighted by molar-refractivity contribution is 5.78. The molecule has 4 nitrogen and oxygen atoms in total. The molecule has 0 radical (unpaired) electrons. The number of benzene rings is 1. The first-order valence-electron chi connectivity index (χ1n) is 7.03. The minimum absolute atomic E-state index is 0.113. The van der Waals surface area contributed by atoms with Crippen LogP contribution in [0.5, 0.6) is 0 Å². The number of hydrogen-bond acceptors (Lipinski definition) is 3. The SMILES string of the molecule is CCN(CC)C(=O)CN(C)CC(C#N)c1ccccc1. The summed E-state index contributed by atoms with van der Waals surface area (Å²) in [6.07, 6.45) is 0. The van der Waals surface area contributed by atoms with Crippen molar-refractivity contribution in [2.75, 3.05) is 33.2 Å². The highest BCUT2D eigenvalue weighted by atomic mass is 16.2. The average Bonchev–Trinajstić information content (AvgIpc) is 2.47. The summed E-state index contributed by atoms with van der Waals surface area (Å²) in [5.74, 6) is -0.0899. The fourth-order valence-electron chi connectivity index (χ4n) is 2.19. The van der Waals surface area contributed by atoms with Gasteiger partial charge in [0.05, 0.1) is 18.5 Å². The van der Waals surface area contributed by atoms with E-state index < -0.39 is 0 Å². The second-order valence-electron chi connectivity index (χ2n) is 4.86. The van der Waals surface area contributed by atoms with Gasteiger partial charge in [0.1, 0.15) is 0 Å². The molecule has 0 fully saturated rings. The number of nitrogens with zero attached hydrogens (tertiary/aromatic N) is 3. The van der Waals surface area contributed by atoms with Crippen molar-refractivity contribution in [3.8, 4) is 6.07 Å². The number of nitriles is 1. The zero-order valence-corrected chi connectivity index (χ0v) is 12.5. The zero-order chi connectivity index (χ0) is 15.0. The molecule has 1 unspecified atom stereocenters. The lowest BCUT2D eigenvalue weighted by atomic mass is 10.0. The van der Waals surface area contributed by atoms with Crippen LogP contribution in [-0.2, 0) is 4.79 Å². The maximum absolute atomic E-state index is 12.0. The van der Waals surface area contributed by atoms with Gasteiger partial charge in [0.2, 0.25) is 5.91 Å². The molecule has 0 aliphatic carbocycles. The molecule has 108 valence electrons. The number of carbonyl (C=O) groups excluding carboxylic acids is 1. The maximum Gasteiger partial charge on any atom is 0.236 e. The van der Waals surface area contributed by atoms with E-state index in [1.807, 2.05) is 56.1 Å². The van der Waals surface area contributed by atoms with E-state index in [1.165, 1.54) is 0 Å². The Kier molecular flexibility index (Phi) is 6.75. The van der Waals surface area contributed by atoms with Gasteiger partial charge in [-0.25, -0.2) is 0 Å². The van der Waals surface area contributed by atoms with E-state index in [9.17, 15) is 10.1 Å². The predicted molar refractivity (Wildman–Crippen MR) is 80.2 cm³/mol. The quantitative estimate of drug-likeness (QED) is 0.764. The molecule has 4 heteroatoms. The van der Waals surface area contributed by atoms with E-state index in [1.54, 1.807) is 4.90 Å². The van der Waals surface area contributed by atoms with Crippen LogP contribution in [0.4, 0.5) is 0 Å². The molecule has 0 aliphatic rings. The fourth-order valence-corrected chi connectivity index (χ4v) is 2.19. The van der Waals surface area contributed by atoms with E-state index in [0.29, 0.717) is 13.1 Å². The Hall–Kier alpha value is -1.86. The van der Waals surface area contributed by atoms with E-state index in [-0.39, 0.29) is 11.8 Å². The highest BCUT2D eigenvalue weighted by Gasteiger charge is 2.17. The molecule has 0 aliphatic heterocycles. The summed E-state index contributed by atoms with van der Waals surface area (Å²) in [5.41, 5.74) is 0.997. The zero-order valence-electron chi connectivity index (χ0n) is 12.5. The smallest absolute Gasteiger partial charge is 0.236 e. The Morgan fingerprint density at radius 3 is 2.35 bits per heavy atom. The third kappa shape index (κ3) is 4.67. The van der Waals surface area contributed by atoms with Gasteiger partial charge in [-0.3, -0.25) is 9.69 Å². The maximum atomic E-state index is 12.0. The molecule has 0 saturated heterocycles. The predicted octanol–water partition coefficient (Wildman–Crippen LogP) is 2.09. The van der Waals surface area contributed by atoms with Crippen LogP contribution in [0, 0.1) is 11.3 Å². The molecule has 1 aromatic rings. The Labute approximate surface area is 121 Å². The molecule has 0 aromatic heterocycles. The van der Waals surface area contributed by atoms with Gasteiger partial charge in [0.15, 0.2) is 0 Å². The molecule has 1 rings (SSSR count). The number of likely N-dealkylation sites (N-methyl/N-ethyl adjacent to an activating group) is 2. The topological polar surface area (TPSA) is 47.3 Å². The first-order valence-corrected chi connectivity index (χ1v) is 7.03. The number of carbonyl (C=O) groups is 1. The monoisotopic (exact) mass is 273 g/mol. The van der Waals surface area contributed by atoms with Crippen LogP contribution in [0.2, 0.25) is 0 Å². The lowest BCUT2D eigenvalue weighted by Gasteiger charge is -2.24. The minimum atomic E-state index is -0.203. The van der Waals surface area contributed by atoms with Crippen LogP contribution in [0.3, 0.4) is 0 Å². The van der Waals surface area contributed by atoms with Gasteiger partial charge in [0, 0.05) is 19.6 Å². The molecule has 1 amide bonds. The lowest BCUT2D eigenvalue weighted by Crippen LogP contribution is -2.39. The first kappa shape index (κ1) is 16.2. The lowest BCUT2D eigenvalue weighted by molar-refractivity contribution is -0.131. The largest absolute Gasteiger partial charge is 0.342 e. The van der Waals surface area contributed by atoms with E-state index in [4.69, 9.17) is 0 Å². The van der Waals surface area contributed by atoms with Crippen molar-refractivity contribution in [1.82, 2.24) is 9.80 Å². The second kappa shape index (κ2) is 8.34. The van der Waals surface area contributed by atoms with Crippen LogP contribution in [-0.4, -0.2) is 48.9 Å². The summed E-state index contributed by atoms with van der Waals surface area (Å²) < 4.78 is 0. The average molecular weight is 273 g/mol. The molecule has 0 bridgehead atoms. The van der Waals surface area contributed by atoms with Gasteiger partial charge in [-0.1, -0.05) is 30.3 Å². The summed E-state index contributed by atoms with van der Waals surface area (Å²) >= 11 is 0. The standard InChI is InChI=1S/C16H23N3O/c1-4-19(5-2)16(20)13-18(3)12-15(11-17)14-9-7-6-8-10-14/h6-10,15H,4-5,12-13H2,1-3H3. The van der Waals surface area contributed by atoms with Crippen molar-refractivity contribution in [1.29, 1.82) is 5.26 Å². The highest BCUT2D eigenvalue weighted by Crippen LogP contribution is 2.15. The van der Waals surface area contributed by atoms with Gasteiger partial charge >= 0.3 is 0 Å². The van der Waals surface area contributed by atoms with Crippen LogP contribution in [0.15, 0.2) is 30.3 Å². The van der Waals surface area contributed by atoms with Crippen molar-refractivity contribution in [3.63, 3.8) is 0 Å². The van der Waals surface area contributed by atoms with E-state index >= 15 is 0 Å². The molecule has 0 heterocycles. The van der Waals surface area contributed by atoms with Crippen LogP contribution in [0.1, 0.15) is 25.3 Å². The molecule has 1 aromatic carbocycles. The van der Waals surface area contributed by atoms with Gasteiger partial charge < -0.3 is 4.90 Å². The molecular weight excluding hydrogens is 250 g/mol. The van der Waals surface area contributed by atoms with Gasteiger partial charge in [-0.15, -0.1) is 0 Å². The van der Waals surface area contributed by atoms with Gasteiger partial charge in [-0.2, -0.15) is 5.26 Å². The van der Waals surface area contributed by atoms with Crippen molar-refractivity contribution < 1.29 is 4.79 Å². The molecule has 0 N–H and O–H groups in total.